The second kappa shape index (κ2) is 11.6. The highest BCUT2D eigenvalue weighted by atomic mass is 32.2. The third-order valence-electron chi connectivity index (χ3n) is 7.04. The van der Waals surface area contributed by atoms with E-state index in [1.165, 1.54) is 36.4 Å². The largest absolute Gasteiger partial charge is 0.466 e. The standard InChI is InChI=1S/C32H29NO7S/c1-2-38-30(34)20-32(33,22-16-18-23(19-17-22)40-41(36,37)24-10-4-3-5-11-24)31(35)39-21-29-27-14-8-6-12-25(27)26-13-7-9-15-28(26)29/h3-19,29H,2,20-21,33H2,1H3. The van der Waals surface area contributed by atoms with Gasteiger partial charge in [0.25, 0.3) is 0 Å². The average Bonchev–Trinajstić information content (AvgIpc) is 3.30. The van der Waals surface area contributed by atoms with Crippen LogP contribution in [-0.4, -0.2) is 33.6 Å². The number of carbonyl (C=O) groups is 2. The quantitative estimate of drug-likeness (QED) is 0.210. The lowest BCUT2D eigenvalue weighted by atomic mass is 9.87. The van der Waals surface area contributed by atoms with Crippen LogP contribution in [0.2, 0.25) is 0 Å². The zero-order valence-corrected chi connectivity index (χ0v) is 23.2. The Balaban J connectivity index is 1.38. The van der Waals surface area contributed by atoms with E-state index >= 15 is 0 Å². The van der Waals surface area contributed by atoms with Gasteiger partial charge in [0.05, 0.1) is 13.0 Å². The molecule has 8 nitrogen and oxygen atoms in total. The molecular formula is C32H29NO7S. The highest BCUT2D eigenvalue weighted by Gasteiger charge is 2.42. The third-order valence-corrected chi connectivity index (χ3v) is 8.31. The fourth-order valence-corrected chi connectivity index (χ4v) is 5.98. The number of benzene rings is 4. The molecule has 210 valence electrons. The summed E-state index contributed by atoms with van der Waals surface area (Å²) < 4.78 is 41.4. The van der Waals surface area contributed by atoms with Gasteiger partial charge >= 0.3 is 22.1 Å². The summed E-state index contributed by atoms with van der Waals surface area (Å²) in [6, 6.07) is 29.2. The van der Waals surface area contributed by atoms with E-state index in [1.807, 2.05) is 48.5 Å². The number of rotatable bonds is 10. The molecule has 4 aromatic carbocycles. The summed E-state index contributed by atoms with van der Waals surface area (Å²) in [7, 11) is -4.07. The molecular weight excluding hydrogens is 542 g/mol. The number of esters is 2. The second-order valence-corrected chi connectivity index (χ2v) is 11.2. The summed E-state index contributed by atoms with van der Waals surface area (Å²) in [5.74, 6) is -1.66. The summed E-state index contributed by atoms with van der Waals surface area (Å²) in [5, 5.41) is 0. The van der Waals surface area contributed by atoms with Crippen LogP contribution in [-0.2, 0) is 34.7 Å². The van der Waals surface area contributed by atoms with Gasteiger partial charge in [0.2, 0.25) is 0 Å². The molecule has 1 atom stereocenters. The van der Waals surface area contributed by atoms with Crippen molar-refractivity contribution in [3.05, 3.63) is 120 Å². The summed E-state index contributed by atoms with van der Waals surface area (Å²) in [5.41, 5.74) is 9.19. The van der Waals surface area contributed by atoms with Crippen molar-refractivity contribution in [3.63, 3.8) is 0 Å². The van der Waals surface area contributed by atoms with Gasteiger partial charge in [0.1, 0.15) is 17.3 Å². The van der Waals surface area contributed by atoms with Crippen LogP contribution < -0.4 is 9.92 Å². The van der Waals surface area contributed by atoms with Crippen molar-refractivity contribution < 1.29 is 31.7 Å². The zero-order chi connectivity index (χ0) is 29.0. The number of fused-ring (bicyclic) bond motifs is 3. The molecule has 41 heavy (non-hydrogen) atoms. The van der Waals surface area contributed by atoms with Crippen LogP contribution in [0.25, 0.3) is 11.1 Å². The molecule has 0 radical (unpaired) electrons. The van der Waals surface area contributed by atoms with E-state index < -0.39 is 34.0 Å². The number of hydrogen-bond donors (Lipinski definition) is 1. The van der Waals surface area contributed by atoms with E-state index in [1.54, 1.807) is 25.1 Å². The Morgan fingerprint density at radius 1 is 0.780 bits per heavy atom. The molecule has 0 amide bonds. The normalized spacial score (nSPS) is 13.9. The van der Waals surface area contributed by atoms with Crippen molar-refractivity contribution in [2.75, 3.05) is 13.2 Å². The van der Waals surface area contributed by atoms with Crippen molar-refractivity contribution in [2.45, 2.75) is 29.7 Å². The van der Waals surface area contributed by atoms with Gasteiger partial charge in [0.15, 0.2) is 5.54 Å². The van der Waals surface area contributed by atoms with Crippen molar-refractivity contribution in [1.29, 1.82) is 0 Å². The Labute approximate surface area is 238 Å². The van der Waals surface area contributed by atoms with E-state index in [0.717, 1.165) is 22.3 Å². The predicted octanol–water partition coefficient (Wildman–Crippen LogP) is 4.92. The van der Waals surface area contributed by atoms with Gasteiger partial charge in [-0.05, 0) is 59.0 Å². The molecule has 5 rings (SSSR count). The van der Waals surface area contributed by atoms with E-state index in [9.17, 15) is 18.0 Å². The minimum absolute atomic E-state index is 0.00167. The van der Waals surface area contributed by atoms with Gasteiger partial charge < -0.3 is 19.4 Å². The summed E-state index contributed by atoms with van der Waals surface area (Å²) >= 11 is 0. The zero-order valence-electron chi connectivity index (χ0n) is 22.4. The number of ether oxygens (including phenoxy) is 2. The van der Waals surface area contributed by atoms with Gasteiger partial charge in [-0.2, -0.15) is 8.42 Å². The van der Waals surface area contributed by atoms with Crippen LogP contribution in [0.1, 0.15) is 36.0 Å². The first-order valence-corrected chi connectivity index (χ1v) is 14.5. The van der Waals surface area contributed by atoms with Gasteiger partial charge in [-0.3, -0.25) is 4.79 Å². The summed E-state index contributed by atoms with van der Waals surface area (Å²) in [6.07, 6.45) is -0.472. The van der Waals surface area contributed by atoms with Crippen LogP contribution in [0.5, 0.6) is 5.75 Å². The molecule has 0 aliphatic heterocycles. The van der Waals surface area contributed by atoms with Crippen molar-refractivity contribution in [3.8, 4) is 16.9 Å². The molecule has 4 aromatic rings. The molecule has 0 saturated heterocycles. The first-order chi connectivity index (χ1) is 19.7. The maximum Gasteiger partial charge on any atom is 0.339 e. The second-order valence-electron chi connectivity index (χ2n) is 9.65. The first kappa shape index (κ1) is 28.1. The fourth-order valence-electron chi connectivity index (χ4n) is 5.03. The summed E-state index contributed by atoms with van der Waals surface area (Å²) in [6.45, 7) is 1.79. The third kappa shape index (κ3) is 5.73. The maximum atomic E-state index is 13.6. The van der Waals surface area contributed by atoms with E-state index in [0.29, 0.717) is 0 Å². The van der Waals surface area contributed by atoms with Crippen LogP contribution in [0.3, 0.4) is 0 Å². The van der Waals surface area contributed by atoms with Crippen LogP contribution in [0, 0.1) is 0 Å². The Bertz CT molecular complexity index is 1620. The Hall–Kier alpha value is -4.47. The molecule has 1 aliphatic rings. The molecule has 1 aliphatic carbocycles. The lowest BCUT2D eigenvalue weighted by molar-refractivity contribution is -0.157. The lowest BCUT2D eigenvalue weighted by Gasteiger charge is -2.28. The van der Waals surface area contributed by atoms with E-state index in [4.69, 9.17) is 19.4 Å². The number of carbonyl (C=O) groups excluding carboxylic acids is 2. The van der Waals surface area contributed by atoms with Gasteiger partial charge in [0, 0.05) is 5.92 Å². The maximum absolute atomic E-state index is 13.6. The monoisotopic (exact) mass is 571 g/mol. The SMILES string of the molecule is CCOC(=O)CC(N)(C(=O)OCC1c2ccccc2-c2ccccc21)c1ccc(OS(=O)(=O)c2ccccc2)cc1. The van der Waals surface area contributed by atoms with Crippen molar-refractivity contribution >= 4 is 22.1 Å². The highest BCUT2D eigenvalue weighted by Crippen LogP contribution is 2.44. The molecule has 0 spiro atoms. The van der Waals surface area contributed by atoms with Gasteiger partial charge in [-0.25, -0.2) is 4.79 Å². The average molecular weight is 572 g/mol. The van der Waals surface area contributed by atoms with E-state index in [-0.39, 0.29) is 35.3 Å². The molecule has 0 aromatic heterocycles. The van der Waals surface area contributed by atoms with E-state index in [2.05, 4.69) is 0 Å². The smallest absolute Gasteiger partial charge is 0.339 e. The number of hydrogen-bond acceptors (Lipinski definition) is 8. The van der Waals surface area contributed by atoms with Crippen molar-refractivity contribution in [1.82, 2.24) is 0 Å². The van der Waals surface area contributed by atoms with Crippen molar-refractivity contribution in [2.24, 2.45) is 5.73 Å². The summed E-state index contributed by atoms with van der Waals surface area (Å²) in [4.78, 5) is 26.1. The number of nitrogens with two attached hydrogens (primary N) is 1. The van der Waals surface area contributed by atoms with Crippen LogP contribution in [0.4, 0.5) is 0 Å². The van der Waals surface area contributed by atoms with Gasteiger partial charge in [-0.15, -0.1) is 0 Å². The molecule has 0 fully saturated rings. The van der Waals surface area contributed by atoms with Crippen LogP contribution in [0.15, 0.2) is 108 Å². The highest BCUT2D eigenvalue weighted by molar-refractivity contribution is 7.87. The molecule has 0 heterocycles. The molecule has 9 heteroatoms. The Morgan fingerprint density at radius 3 is 1.93 bits per heavy atom. The molecule has 0 bridgehead atoms. The molecule has 0 saturated carbocycles. The minimum atomic E-state index is -4.07. The predicted molar refractivity (Wildman–Crippen MR) is 152 cm³/mol. The lowest BCUT2D eigenvalue weighted by Crippen LogP contribution is -2.48. The molecule has 2 N–H and O–H groups in total. The van der Waals surface area contributed by atoms with Crippen LogP contribution >= 0.6 is 0 Å². The topological polar surface area (TPSA) is 122 Å². The Morgan fingerprint density at radius 2 is 1.34 bits per heavy atom. The van der Waals surface area contributed by atoms with Gasteiger partial charge in [-0.1, -0.05) is 78.9 Å². The Kier molecular flexibility index (Phi) is 7.92. The molecule has 1 unspecified atom stereocenters. The minimum Gasteiger partial charge on any atom is -0.466 e. The first-order valence-electron chi connectivity index (χ1n) is 13.1. The fraction of sp³-hybridized carbons (Fsp3) is 0.188.